The van der Waals surface area contributed by atoms with Crippen molar-refractivity contribution in [1.82, 2.24) is 19.5 Å². The molecule has 0 saturated heterocycles. The minimum absolute atomic E-state index is 0.125. The van der Waals surface area contributed by atoms with Crippen molar-refractivity contribution in [2.24, 2.45) is 7.05 Å². The summed E-state index contributed by atoms with van der Waals surface area (Å²) in [6.07, 6.45) is 2.74. The fraction of sp³-hybridized carbons (Fsp3) is 0.294. The molecule has 3 rings (SSSR count). The van der Waals surface area contributed by atoms with E-state index >= 15 is 0 Å². The molecule has 25 heavy (non-hydrogen) atoms. The molecule has 3 N–H and O–H groups in total. The zero-order valence-corrected chi connectivity index (χ0v) is 15.8. The number of rotatable bonds is 4. The van der Waals surface area contributed by atoms with Gasteiger partial charge < -0.3 is 15.6 Å². The molecule has 0 aliphatic rings. The summed E-state index contributed by atoms with van der Waals surface area (Å²) in [6.45, 7) is 3.79. The first-order valence-corrected chi connectivity index (χ1v) is 8.66. The molecule has 3 aromatic heterocycles. The molecule has 0 aromatic carbocycles. The zero-order chi connectivity index (χ0) is 18.1. The van der Waals surface area contributed by atoms with Gasteiger partial charge in [0.05, 0.1) is 28.5 Å². The second kappa shape index (κ2) is 6.69. The van der Waals surface area contributed by atoms with Crippen molar-refractivity contribution in [3.8, 4) is 6.07 Å². The first-order chi connectivity index (χ1) is 11.9. The Morgan fingerprint density at radius 3 is 2.84 bits per heavy atom. The molecular formula is C17H18BrN7. The number of nitrogens with zero attached hydrogens (tertiary/aromatic N) is 5. The van der Waals surface area contributed by atoms with Gasteiger partial charge in [0, 0.05) is 17.7 Å². The van der Waals surface area contributed by atoms with Crippen LogP contribution in [0.5, 0.6) is 0 Å². The van der Waals surface area contributed by atoms with Crippen molar-refractivity contribution < 1.29 is 0 Å². The fourth-order valence-electron chi connectivity index (χ4n) is 2.78. The van der Waals surface area contributed by atoms with Gasteiger partial charge in [0.2, 0.25) is 5.95 Å². The summed E-state index contributed by atoms with van der Waals surface area (Å²) >= 11 is 3.62. The van der Waals surface area contributed by atoms with E-state index in [9.17, 15) is 5.26 Å². The molecule has 0 spiro atoms. The number of hydrogen-bond acceptors (Lipinski definition) is 6. The summed E-state index contributed by atoms with van der Waals surface area (Å²) < 4.78 is 2.92. The van der Waals surface area contributed by atoms with Crippen LogP contribution in [-0.4, -0.2) is 19.5 Å². The number of aromatic nitrogens is 4. The van der Waals surface area contributed by atoms with Crippen molar-refractivity contribution in [2.45, 2.75) is 26.3 Å². The van der Waals surface area contributed by atoms with E-state index in [1.165, 1.54) is 0 Å². The monoisotopic (exact) mass is 399 g/mol. The number of fused-ring (bicyclic) bond motifs is 1. The van der Waals surface area contributed by atoms with Gasteiger partial charge >= 0.3 is 0 Å². The van der Waals surface area contributed by atoms with E-state index in [4.69, 9.17) is 10.7 Å². The van der Waals surface area contributed by atoms with Crippen LogP contribution in [-0.2, 0) is 7.05 Å². The van der Waals surface area contributed by atoms with Crippen LogP contribution in [0.15, 0.2) is 22.8 Å². The van der Waals surface area contributed by atoms with Crippen LogP contribution in [0.3, 0.4) is 0 Å². The van der Waals surface area contributed by atoms with E-state index in [-0.39, 0.29) is 12.0 Å². The van der Waals surface area contributed by atoms with Gasteiger partial charge in [0.25, 0.3) is 0 Å². The summed E-state index contributed by atoms with van der Waals surface area (Å²) in [5, 5.41) is 12.7. The molecule has 0 saturated carbocycles. The van der Waals surface area contributed by atoms with Crippen molar-refractivity contribution in [1.29, 1.82) is 5.26 Å². The molecule has 3 heterocycles. The number of aryl methyl sites for hydroxylation is 2. The molecule has 7 nitrogen and oxygen atoms in total. The summed E-state index contributed by atoms with van der Waals surface area (Å²) in [5.41, 5.74) is 9.52. The highest BCUT2D eigenvalue weighted by Crippen LogP contribution is 2.31. The second-order valence-electron chi connectivity index (χ2n) is 5.79. The lowest BCUT2D eigenvalue weighted by molar-refractivity contribution is 0.717. The van der Waals surface area contributed by atoms with Crippen molar-refractivity contribution >= 4 is 38.7 Å². The van der Waals surface area contributed by atoms with Crippen molar-refractivity contribution in [2.75, 3.05) is 11.1 Å². The fourth-order valence-corrected chi connectivity index (χ4v) is 3.36. The van der Waals surface area contributed by atoms with Gasteiger partial charge in [0.15, 0.2) is 0 Å². The van der Waals surface area contributed by atoms with Crippen molar-refractivity contribution in [3.05, 3.63) is 39.8 Å². The van der Waals surface area contributed by atoms with E-state index in [0.29, 0.717) is 17.1 Å². The second-order valence-corrected chi connectivity index (χ2v) is 6.65. The predicted octanol–water partition coefficient (Wildman–Crippen LogP) is 3.45. The Morgan fingerprint density at radius 1 is 1.40 bits per heavy atom. The highest BCUT2D eigenvalue weighted by molar-refractivity contribution is 9.10. The Bertz CT molecular complexity index is 987. The number of nitrogens with two attached hydrogens (primary N) is 1. The summed E-state index contributed by atoms with van der Waals surface area (Å²) in [4.78, 5) is 13.0. The number of anilines is 2. The molecule has 0 radical (unpaired) electrons. The van der Waals surface area contributed by atoms with Crippen LogP contribution in [0.25, 0.3) is 11.0 Å². The number of nitrogen functional groups attached to an aromatic ring is 1. The smallest absolute Gasteiger partial charge is 0.222 e. The lowest BCUT2D eigenvalue weighted by atomic mass is 10.1. The van der Waals surface area contributed by atoms with Gasteiger partial charge in [-0.25, -0.2) is 9.97 Å². The van der Waals surface area contributed by atoms with Gasteiger partial charge in [-0.3, -0.25) is 0 Å². The summed E-state index contributed by atoms with van der Waals surface area (Å²) in [7, 11) is 1.98. The van der Waals surface area contributed by atoms with Gasteiger partial charge in [-0.05, 0) is 41.4 Å². The normalized spacial score (nSPS) is 12.1. The molecule has 0 fully saturated rings. The molecule has 128 valence electrons. The van der Waals surface area contributed by atoms with Crippen LogP contribution >= 0.6 is 15.9 Å². The Balaban J connectivity index is 2.05. The van der Waals surface area contributed by atoms with Gasteiger partial charge in [-0.2, -0.15) is 10.2 Å². The van der Waals surface area contributed by atoms with Crippen LogP contribution in [0.2, 0.25) is 0 Å². The van der Waals surface area contributed by atoms with Gasteiger partial charge in [-0.15, -0.1) is 0 Å². The van der Waals surface area contributed by atoms with E-state index in [1.807, 2.05) is 36.9 Å². The van der Waals surface area contributed by atoms with Gasteiger partial charge in [0.1, 0.15) is 17.5 Å². The molecular weight excluding hydrogens is 382 g/mol. The minimum atomic E-state index is -0.125. The Morgan fingerprint density at radius 2 is 2.16 bits per heavy atom. The Labute approximate surface area is 154 Å². The molecule has 1 unspecified atom stereocenters. The third-order valence-corrected chi connectivity index (χ3v) is 4.75. The lowest BCUT2D eigenvalue weighted by Gasteiger charge is -2.20. The zero-order valence-electron chi connectivity index (χ0n) is 14.2. The maximum Gasteiger partial charge on any atom is 0.222 e. The average Bonchev–Trinajstić information content (AvgIpc) is 2.92. The number of nitrogens with one attached hydrogen (secondary N) is 1. The first kappa shape index (κ1) is 17.2. The summed E-state index contributed by atoms with van der Waals surface area (Å²) in [5.74, 6) is 0.570. The van der Waals surface area contributed by atoms with Crippen molar-refractivity contribution in [3.63, 3.8) is 0 Å². The van der Waals surface area contributed by atoms with Crippen LogP contribution in [0, 0.1) is 18.3 Å². The standard InChI is InChI=1S/C17H18BrN7/c1-4-12(23-16-10(8-19)9(2)21-17(20)24-16)15-11(18)7-14-13(22-15)5-6-25(14)3/h5-7,12H,4H2,1-3H3,(H3,20,21,23,24). The molecule has 8 heteroatoms. The Kier molecular flexibility index (Phi) is 4.59. The van der Waals surface area contributed by atoms with E-state index in [2.05, 4.69) is 37.3 Å². The molecule has 1 atom stereocenters. The summed E-state index contributed by atoms with van der Waals surface area (Å²) in [6, 6.07) is 6.04. The average molecular weight is 400 g/mol. The molecule has 0 amide bonds. The molecule has 0 bridgehead atoms. The molecule has 0 aliphatic carbocycles. The van der Waals surface area contributed by atoms with Crippen LogP contribution < -0.4 is 11.1 Å². The van der Waals surface area contributed by atoms with Gasteiger partial charge in [-0.1, -0.05) is 6.92 Å². The Hall–Kier alpha value is -2.66. The third kappa shape index (κ3) is 3.15. The third-order valence-electron chi connectivity index (χ3n) is 4.12. The minimum Gasteiger partial charge on any atom is -0.368 e. The number of hydrogen-bond donors (Lipinski definition) is 2. The first-order valence-electron chi connectivity index (χ1n) is 7.86. The SMILES string of the molecule is CCC(Nc1nc(N)nc(C)c1C#N)c1nc2ccn(C)c2cc1Br. The van der Waals surface area contributed by atoms with E-state index < -0.39 is 0 Å². The van der Waals surface area contributed by atoms with E-state index in [0.717, 1.165) is 27.6 Å². The van der Waals surface area contributed by atoms with Crippen LogP contribution in [0.1, 0.15) is 36.3 Å². The molecule has 3 aromatic rings. The largest absolute Gasteiger partial charge is 0.368 e. The van der Waals surface area contributed by atoms with Crippen LogP contribution in [0.4, 0.5) is 11.8 Å². The number of nitriles is 1. The quantitative estimate of drug-likeness (QED) is 0.695. The van der Waals surface area contributed by atoms with E-state index in [1.54, 1.807) is 6.92 Å². The lowest BCUT2D eigenvalue weighted by Crippen LogP contribution is -2.16. The predicted molar refractivity (Wildman–Crippen MR) is 101 cm³/mol. The highest BCUT2D eigenvalue weighted by atomic mass is 79.9. The maximum absolute atomic E-state index is 9.41. The number of pyridine rings is 1. The topological polar surface area (TPSA) is 105 Å². The highest BCUT2D eigenvalue weighted by Gasteiger charge is 2.20. The maximum atomic E-state index is 9.41. The molecule has 0 aliphatic heterocycles. The number of halogens is 1.